The van der Waals surface area contributed by atoms with Crippen LogP contribution in [0.2, 0.25) is 0 Å². The Morgan fingerprint density at radius 3 is 2.41 bits per heavy atom. The van der Waals surface area contributed by atoms with Crippen LogP contribution in [0.5, 0.6) is 11.5 Å². The molecule has 1 aromatic carbocycles. The number of methoxy groups -OCH3 is 1. The first-order chi connectivity index (χ1) is 19.3. The van der Waals surface area contributed by atoms with Gasteiger partial charge in [-0.15, -0.1) is 0 Å². The summed E-state index contributed by atoms with van der Waals surface area (Å²) in [6.07, 6.45) is 5.77. The lowest BCUT2D eigenvalue weighted by atomic mass is 9.57. The van der Waals surface area contributed by atoms with Gasteiger partial charge in [0.25, 0.3) is 5.91 Å². The number of nitrogens with one attached hydrogen (secondary N) is 1. The van der Waals surface area contributed by atoms with Gasteiger partial charge in [0.15, 0.2) is 11.4 Å². The molecule has 41 heavy (non-hydrogen) atoms. The Hall–Kier alpha value is -3.41. The molecule has 4 atom stereocenters. The Balaban J connectivity index is 1.61. The van der Waals surface area contributed by atoms with Crippen LogP contribution in [-0.2, 0) is 27.3 Å². The number of aliphatic hydroxyl groups is 3. The van der Waals surface area contributed by atoms with E-state index in [1.54, 1.807) is 14.1 Å². The zero-order valence-corrected chi connectivity index (χ0v) is 23.9. The maximum atomic E-state index is 14.0. The van der Waals surface area contributed by atoms with E-state index in [0.717, 1.165) is 25.7 Å². The number of aliphatic hydroxyl groups excluding tert-OH is 2. The predicted molar refractivity (Wildman–Crippen MR) is 149 cm³/mol. The number of primary amides is 1. The lowest BCUT2D eigenvalue weighted by molar-refractivity contribution is -0.153. The molecule has 0 unspecified atom stereocenters. The summed E-state index contributed by atoms with van der Waals surface area (Å²) >= 11 is 0. The summed E-state index contributed by atoms with van der Waals surface area (Å²) in [5.74, 6) is -6.28. The molecule has 5 rings (SSSR count). The van der Waals surface area contributed by atoms with Crippen LogP contribution in [0, 0.1) is 11.8 Å². The molecular formula is C30H39N3O8. The van der Waals surface area contributed by atoms with E-state index in [-0.39, 0.29) is 35.3 Å². The summed E-state index contributed by atoms with van der Waals surface area (Å²) in [4.78, 5) is 40.8. The van der Waals surface area contributed by atoms with Gasteiger partial charge in [0.05, 0.1) is 18.7 Å². The monoisotopic (exact) mass is 569 g/mol. The minimum Gasteiger partial charge on any atom is -0.508 e. The summed E-state index contributed by atoms with van der Waals surface area (Å²) in [6.45, 7) is 2.61. The highest BCUT2D eigenvalue weighted by Gasteiger charge is 2.64. The first-order valence-electron chi connectivity index (χ1n) is 14.1. The molecule has 0 aliphatic heterocycles. The van der Waals surface area contributed by atoms with Gasteiger partial charge < -0.3 is 36.2 Å². The fourth-order valence-electron chi connectivity index (χ4n) is 7.56. The molecule has 4 aliphatic carbocycles. The average Bonchev–Trinajstić information content (AvgIpc) is 2.89. The fourth-order valence-corrected chi connectivity index (χ4v) is 7.56. The zero-order valence-electron chi connectivity index (χ0n) is 23.9. The maximum Gasteiger partial charge on any atom is 0.255 e. The molecule has 1 aromatic rings. The van der Waals surface area contributed by atoms with E-state index in [2.05, 4.69) is 12.2 Å². The molecule has 0 spiro atoms. The number of Topliss-reactive ketones (excluding diaryl/α,β-unsaturated/α-hetero) is 2. The molecule has 0 heterocycles. The number of fused-ring (bicyclic) bond motifs is 3. The van der Waals surface area contributed by atoms with Crippen molar-refractivity contribution in [1.82, 2.24) is 10.2 Å². The van der Waals surface area contributed by atoms with Gasteiger partial charge in [-0.1, -0.05) is 19.3 Å². The Morgan fingerprint density at radius 1 is 1.17 bits per heavy atom. The number of aromatic hydroxyl groups is 1. The van der Waals surface area contributed by atoms with Crippen molar-refractivity contribution < 1.29 is 39.5 Å². The highest BCUT2D eigenvalue weighted by Crippen LogP contribution is 2.54. The van der Waals surface area contributed by atoms with Crippen LogP contribution in [0.3, 0.4) is 0 Å². The lowest BCUT2D eigenvalue weighted by Crippen LogP contribution is -2.65. The Bertz CT molecular complexity index is 1390. The summed E-state index contributed by atoms with van der Waals surface area (Å²) in [7, 11) is 4.65. The molecule has 0 radical (unpaired) electrons. The number of nitrogens with two attached hydrogens (primary N) is 1. The van der Waals surface area contributed by atoms with Crippen LogP contribution >= 0.6 is 0 Å². The molecule has 11 heteroatoms. The molecule has 4 aliphatic rings. The largest absolute Gasteiger partial charge is 0.508 e. The number of carbonyl (C=O) groups is 3. The van der Waals surface area contributed by atoms with Gasteiger partial charge in [0.1, 0.15) is 28.6 Å². The van der Waals surface area contributed by atoms with E-state index in [0.29, 0.717) is 23.4 Å². The number of carbonyl (C=O) groups excluding carboxylic acids is 3. The van der Waals surface area contributed by atoms with Gasteiger partial charge in [0, 0.05) is 34.7 Å². The second kappa shape index (κ2) is 10.1. The van der Waals surface area contributed by atoms with E-state index in [1.165, 1.54) is 24.5 Å². The maximum absolute atomic E-state index is 14.0. The number of phenols is 1. The van der Waals surface area contributed by atoms with Crippen molar-refractivity contribution in [3.63, 3.8) is 0 Å². The number of likely N-dealkylation sites (N-methyl/N-ethyl adjacent to an activating group) is 1. The molecule has 2 saturated carbocycles. The number of benzene rings is 1. The molecular weight excluding hydrogens is 530 g/mol. The van der Waals surface area contributed by atoms with Gasteiger partial charge in [-0.05, 0) is 58.7 Å². The van der Waals surface area contributed by atoms with Crippen molar-refractivity contribution >= 4 is 23.2 Å². The van der Waals surface area contributed by atoms with E-state index >= 15 is 0 Å². The Morgan fingerprint density at radius 2 is 1.83 bits per heavy atom. The zero-order chi connectivity index (χ0) is 30.0. The number of ketones is 2. The van der Waals surface area contributed by atoms with Crippen LogP contribution in [0.15, 0.2) is 23.0 Å². The quantitative estimate of drug-likeness (QED) is 0.276. The van der Waals surface area contributed by atoms with E-state index < -0.39 is 58.0 Å². The van der Waals surface area contributed by atoms with Gasteiger partial charge in [-0.2, -0.15) is 0 Å². The van der Waals surface area contributed by atoms with Crippen molar-refractivity contribution in [1.29, 1.82) is 0 Å². The fraction of sp³-hybridized carbons (Fsp3) is 0.567. The minimum atomic E-state index is -2.66. The third kappa shape index (κ3) is 4.33. The first-order valence-corrected chi connectivity index (χ1v) is 14.1. The highest BCUT2D eigenvalue weighted by atomic mass is 16.5. The van der Waals surface area contributed by atoms with Crippen LogP contribution in [0.25, 0.3) is 5.76 Å². The normalized spacial score (nSPS) is 29.3. The average molecular weight is 570 g/mol. The van der Waals surface area contributed by atoms with Gasteiger partial charge in [-0.25, -0.2) is 0 Å². The standard InChI is InChI=1S/C30H39N3O8/c1-29(8-6-5-7-9-29)32-13-15-12-18(34)20-16(25(15)41-4)10-14-11-17-22(33(2)3)24(36)21(28(31)39)27(38)30(17,40)26(37)19(14)23(20)35/h12,14,17,22,32,34-35,38,40H,5-11,13H2,1-4H3,(H2,31,39)/t14-,17-,22-,30-/m0/s1. The molecule has 2 fully saturated rings. The van der Waals surface area contributed by atoms with E-state index in [1.807, 2.05) is 0 Å². The minimum absolute atomic E-state index is 0.0192. The van der Waals surface area contributed by atoms with Gasteiger partial charge >= 0.3 is 0 Å². The molecule has 0 aromatic heterocycles. The SMILES string of the molecule is COc1c(CNC2(C)CCCCC2)cc(O)c2c1C[C@H]1C[C@H]3[C@H](N(C)C)C(=O)C(C(N)=O)=C(O)[C@@]3(O)C(=O)C1=C2O. The second-order valence-electron chi connectivity index (χ2n) is 12.4. The summed E-state index contributed by atoms with van der Waals surface area (Å²) in [6, 6.07) is 0.373. The molecule has 0 bridgehead atoms. The molecule has 222 valence electrons. The van der Waals surface area contributed by atoms with Crippen molar-refractivity contribution in [3.05, 3.63) is 39.7 Å². The van der Waals surface area contributed by atoms with Crippen molar-refractivity contribution in [2.24, 2.45) is 17.6 Å². The van der Waals surface area contributed by atoms with Crippen LogP contribution in [-0.4, -0.2) is 81.2 Å². The Kier molecular flexibility index (Phi) is 7.20. The molecule has 0 saturated heterocycles. The van der Waals surface area contributed by atoms with Crippen molar-refractivity contribution in [2.75, 3.05) is 21.2 Å². The lowest BCUT2D eigenvalue weighted by Gasteiger charge is -2.50. The summed E-state index contributed by atoms with van der Waals surface area (Å²) in [5.41, 5.74) is 2.89. The van der Waals surface area contributed by atoms with Gasteiger partial charge in [0.2, 0.25) is 5.78 Å². The smallest absolute Gasteiger partial charge is 0.255 e. The number of hydrogen-bond acceptors (Lipinski definition) is 10. The molecule has 1 amide bonds. The third-order valence-corrected chi connectivity index (χ3v) is 9.61. The van der Waals surface area contributed by atoms with Crippen LogP contribution in [0.1, 0.15) is 62.1 Å². The highest BCUT2D eigenvalue weighted by molar-refractivity contribution is 6.24. The number of rotatable bonds is 6. The van der Waals surface area contributed by atoms with Crippen LogP contribution in [0.4, 0.5) is 0 Å². The topological polar surface area (TPSA) is 183 Å². The summed E-state index contributed by atoms with van der Waals surface area (Å²) in [5, 5.41) is 48.8. The summed E-state index contributed by atoms with van der Waals surface area (Å²) < 4.78 is 5.81. The number of nitrogens with zero attached hydrogens (tertiary/aromatic N) is 1. The van der Waals surface area contributed by atoms with Crippen LogP contribution < -0.4 is 15.8 Å². The number of phenolic OH excluding ortho intramolecular Hbond substituents is 1. The molecule has 11 nitrogen and oxygen atoms in total. The van der Waals surface area contributed by atoms with E-state index in [9.17, 15) is 34.8 Å². The number of amides is 1. The molecule has 7 N–H and O–H groups in total. The van der Waals surface area contributed by atoms with E-state index in [4.69, 9.17) is 10.5 Å². The van der Waals surface area contributed by atoms with Crippen molar-refractivity contribution in [3.8, 4) is 11.5 Å². The number of ether oxygens (including phenoxy) is 1. The Labute approximate surface area is 238 Å². The van der Waals surface area contributed by atoms with Gasteiger partial charge in [-0.3, -0.25) is 19.3 Å². The second-order valence-corrected chi connectivity index (χ2v) is 12.4. The third-order valence-electron chi connectivity index (χ3n) is 9.61. The number of hydrogen-bond donors (Lipinski definition) is 6. The van der Waals surface area contributed by atoms with Crippen molar-refractivity contribution in [2.45, 2.75) is 75.6 Å². The first kappa shape index (κ1) is 29.1. The predicted octanol–water partition coefficient (Wildman–Crippen LogP) is 1.79.